The summed E-state index contributed by atoms with van der Waals surface area (Å²) < 4.78 is 42.6. The van der Waals surface area contributed by atoms with Crippen molar-refractivity contribution in [3.63, 3.8) is 0 Å². The van der Waals surface area contributed by atoms with E-state index in [0.29, 0.717) is 0 Å². The van der Waals surface area contributed by atoms with Crippen LogP contribution in [0.1, 0.15) is 6.92 Å². The second kappa shape index (κ2) is 6.31. The van der Waals surface area contributed by atoms with E-state index < -0.39 is 28.4 Å². The lowest BCUT2D eigenvalue weighted by Gasteiger charge is -2.17. The smallest absolute Gasteiger partial charge is 0.321 e. The van der Waals surface area contributed by atoms with E-state index in [1.165, 1.54) is 7.05 Å². The van der Waals surface area contributed by atoms with Crippen molar-refractivity contribution in [3.05, 3.63) is 29.0 Å². The van der Waals surface area contributed by atoms with Gasteiger partial charge in [-0.1, -0.05) is 11.6 Å². The number of halogens is 2. The highest BCUT2D eigenvalue weighted by Gasteiger charge is 2.25. The highest BCUT2D eigenvalue weighted by atomic mass is 35.5. The van der Waals surface area contributed by atoms with Gasteiger partial charge in [0.15, 0.2) is 0 Å². The van der Waals surface area contributed by atoms with E-state index >= 15 is 0 Å². The normalized spacial score (nSPS) is 11.6. The molecule has 106 valence electrons. The summed E-state index contributed by atoms with van der Waals surface area (Å²) in [6.45, 7) is 1.33. The van der Waals surface area contributed by atoms with Crippen LogP contribution >= 0.6 is 11.6 Å². The van der Waals surface area contributed by atoms with Crippen molar-refractivity contribution >= 4 is 27.6 Å². The summed E-state index contributed by atoms with van der Waals surface area (Å²) in [6.07, 6.45) is 0. The Kier molecular flexibility index (Phi) is 5.28. The Morgan fingerprint density at radius 2 is 2.11 bits per heavy atom. The molecule has 19 heavy (non-hydrogen) atoms. The Hall–Kier alpha value is -1.18. The quantitative estimate of drug-likeness (QED) is 0.776. The largest absolute Gasteiger partial charge is 0.465 e. The van der Waals surface area contributed by atoms with E-state index in [0.717, 1.165) is 22.5 Å². The fourth-order valence-electron chi connectivity index (χ4n) is 1.33. The SMILES string of the molecule is CCOC(=O)CN(C)S(=O)(=O)c1ccc(F)cc1Cl. The third-order valence-electron chi connectivity index (χ3n) is 2.24. The Balaban J connectivity index is 3.00. The minimum atomic E-state index is -3.97. The maximum absolute atomic E-state index is 12.9. The molecule has 0 aliphatic carbocycles. The molecule has 5 nitrogen and oxygen atoms in total. The van der Waals surface area contributed by atoms with Gasteiger partial charge in [0.1, 0.15) is 17.3 Å². The van der Waals surface area contributed by atoms with Gasteiger partial charge in [0.2, 0.25) is 10.0 Å². The molecule has 1 aromatic rings. The van der Waals surface area contributed by atoms with Gasteiger partial charge < -0.3 is 4.74 Å². The number of ether oxygens (including phenoxy) is 1. The highest BCUT2D eigenvalue weighted by molar-refractivity contribution is 7.89. The zero-order chi connectivity index (χ0) is 14.6. The Labute approximate surface area is 116 Å². The molecule has 0 bridgehead atoms. The molecule has 0 aromatic heterocycles. The van der Waals surface area contributed by atoms with Crippen molar-refractivity contribution in [3.8, 4) is 0 Å². The maximum Gasteiger partial charge on any atom is 0.321 e. The second-order valence-electron chi connectivity index (χ2n) is 3.64. The fraction of sp³-hybridized carbons (Fsp3) is 0.364. The molecule has 0 aliphatic rings. The fourth-order valence-corrected chi connectivity index (χ4v) is 2.94. The molecule has 0 unspecified atom stereocenters. The first-order valence-electron chi connectivity index (χ1n) is 5.36. The summed E-state index contributed by atoms with van der Waals surface area (Å²) in [5.41, 5.74) is 0. The molecule has 0 saturated carbocycles. The van der Waals surface area contributed by atoms with Gasteiger partial charge in [0.05, 0.1) is 11.6 Å². The number of carbonyl (C=O) groups is 1. The average molecular weight is 310 g/mol. The molecule has 0 heterocycles. The van der Waals surface area contributed by atoms with Crippen molar-refractivity contribution in [2.45, 2.75) is 11.8 Å². The zero-order valence-corrected chi connectivity index (χ0v) is 12.0. The van der Waals surface area contributed by atoms with Crippen molar-refractivity contribution in [1.29, 1.82) is 0 Å². The minimum absolute atomic E-state index is 0.157. The molecular formula is C11H13ClFNO4S. The molecule has 8 heteroatoms. The second-order valence-corrected chi connectivity index (χ2v) is 6.06. The number of hydrogen-bond acceptors (Lipinski definition) is 4. The molecular weight excluding hydrogens is 297 g/mol. The van der Waals surface area contributed by atoms with Crippen molar-refractivity contribution in [2.24, 2.45) is 0 Å². The van der Waals surface area contributed by atoms with Crippen LogP contribution in [0.15, 0.2) is 23.1 Å². The first-order valence-corrected chi connectivity index (χ1v) is 7.18. The van der Waals surface area contributed by atoms with Crippen LogP contribution in [0, 0.1) is 5.82 Å². The van der Waals surface area contributed by atoms with Gasteiger partial charge in [0.25, 0.3) is 0 Å². The van der Waals surface area contributed by atoms with Crippen LogP contribution in [-0.2, 0) is 19.6 Å². The number of esters is 1. The molecule has 0 spiro atoms. The molecule has 0 saturated heterocycles. The standard InChI is InChI=1S/C11H13ClFNO4S/c1-3-18-11(15)7-14(2)19(16,17)10-5-4-8(13)6-9(10)12/h4-6H,3,7H2,1-2H3. The summed E-state index contributed by atoms with van der Waals surface area (Å²) in [4.78, 5) is 11.0. The van der Waals surface area contributed by atoms with Gasteiger partial charge in [0, 0.05) is 7.05 Å². The number of nitrogens with zero attached hydrogens (tertiary/aromatic N) is 1. The average Bonchev–Trinajstić information content (AvgIpc) is 2.28. The van der Waals surface area contributed by atoms with Gasteiger partial charge >= 0.3 is 5.97 Å². The van der Waals surface area contributed by atoms with Gasteiger partial charge in [-0.25, -0.2) is 12.8 Å². The molecule has 0 N–H and O–H groups in total. The molecule has 0 amide bonds. The van der Waals surface area contributed by atoms with E-state index in [1.807, 2.05) is 0 Å². The minimum Gasteiger partial charge on any atom is -0.465 e. The lowest BCUT2D eigenvalue weighted by Crippen LogP contribution is -2.33. The van der Waals surface area contributed by atoms with Crippen molar-refractivity contribution < 1.29 is 22.3 Å². The monoisotopic (exact) mass is 309 g/mol. The van der Waals surface area contributed by atoms with Crippen LogP contribution in [-0.4, -0.2) is 38.9 Å². The molecule has 0 fully saturated rings. The van der Waals surface area contributed by atoms with E-state index in [4.69, 9.17) is 11.6 Å². The maximum atomic E-state index is 12.9. The summed E-state index contributed by atoms with van der Waals surface area (Å²) >= 11 is 5.69. The summed E-state index contributed by atoms with van der Waals surface area (Å²) in [7, 11) is -2.75. The van der Waals surface area contributed by atoms with E-state index in [2.05, 4.69) is 4.74 Å². The first-order chi connectivity index (χ1) is 8.78. The molecule has 0 radical (unpaired) electrons. The van der Waals surface area contributed by atoms with Crippen LogP contribution < -0.4 is 0 Å². The lowest BCUT2D eigenvalue weighted by molar-refractivity contribution is -0.143. The van der Waals surface area contributed by atoms with Crippen LogP contribution in [0.5, 0.6) is 0 Å². The van der Waals surface area contributed by atoms with Gasteiger partial charge in [-0.2, -0.15) is 4.31 Å². The summed E-state index contributed by atoms with van der Waals surface area (Å²) in [5, 5.41) is -0.240. The third kappa shape index (κ3) is 3.89. The molecule has 0 aliphatic heterocycles. The van der Waals surface area contributed by atoms with Gasteiger partial charge in [-0.05, 0) is 25.1 Å². The topological polar surface area (TPSA) is 63.7 Å². The predicted octanol–water partition coefficient (Wildman–Crippen LogP) is 1.66. The Bertz CT molecular complexity index is 576. The van der Waals surface area contributed by atoms with E-state index in [9.17, 15) is 17.6 Å². The molecule has 1 rings (SSSR count). The number of hydrogen-bond donors (Lipinski definition) is 0. The zero-order valence-electron chi connectivity index (χ0n) is 10.4. The van der Waals surface area contributed by atoms with E-state index in [1.54, 1.807) is 6.92 Å². The Morgan fingerprint density at radius 1 is 1.47 bits per heavy atom. The molecule has 0 atom stereocenters. The molecule has 1 aromatic carbocycles. The highest BCUT2D eigenvalue weighted by Crippen LogP contribution is 2.24. The predicted molar refractivity (Wildman–Crippen MR) is 67.9 cm³/mol. The van der Waals surface area contributed by atoms with Crippen LogP contribution in [0.25, 0.3) is 0 Å². The van der Waals surface area contributed by atoms with Gasteiger partial charge in [-0.15, -0.1) is 0 Å². The third-order valence-corrected chi connectivity index (χ3v) is 4.53. The van der Waals surface area contributed by atoms with Crippen LogP contribution in [0.3, 0.4) is 0 Å². The lowest BCUT2D eigenvalue weighted by atomic mass is 10.3. The van der Waals surface area contributed by atoms with E-state index in [-0.39, 0.29) is 16.5 Å². The summed E-state index contributed by atoms with van der Waals surface area (Å²) in [6, 6.07) is 2.93. The van der Waals surface area contributed by atoms with Crippen molar-refractivity contribution in [2.75, 3.05) is 20.2 Å². The van der Waals surface area contributed by atoms with Crippen molar-refractivity contribution in [1.82, 2.24) is 4.31 Å². The van der Waals surface area contributed by atoms with Gasteiger partial charge in [-0.3, -0.25) is 4.79 Å². The number of benzene rings is 1. The summed E-state index contributed by atoms with van der Waals surface area (Å²) in [5.74, 6) is -1.32. The number of sulfonamides is 1. The number of carbonyl (C=O) groups excluding carboxylic acids is 1. The number of likely N-dealkylation sites (N-methyl/N-ethyl adjacent to an activating group) is 1. The van der Waals surface area contributed by atoms with Crippen LogP contribution in [0.4, 0.5) is 4.39 Å². The number of rotatable bonds is 5. The Morgan fingerprint density at radius 3 is 2.63 bits per heavy atom. The van der Waals surface area contributed by atoms with Crippen LogP contribution in [0.2, 0.25) is 5.02 Å². The first kappa shape index (κ1) is 15.9.